The van der Waals surface area contributed by atoms with Crippen LogP contribution in [0.15, 0.2) is 17.5 Å². The Hall–Kier alpha value is -1.73. The van der Waals surface area contributed by atoms with Crippen LogP contribution >= 0.6 is 22.7 Å². The van der Waals surface area contributed by atoms with Crippen molar-refractivity contribution in [1.82, 2.24) is 10.3 Å². The third-order valence-electron chi connectivity index (χ3n) is 2.68. The molecule has 5 nitrogen and oxygen atoms in total. The highest BCUT2D eigenvalue weighted by atomic mass is 32.1. The third kappa shape index (κ3) is 3.43. The summed E-state index contributed by atoms with van der Waals surface area (Å²) in [6, 6.07) is 3.15. The lowest BCUT2D eigenvalue weighted by Gasteiger charge is -2.15. The molecular formula is C13H14N2O3S2. The van der Waals surface area contributed by atoms with E-state index < -0.39 is 12.0 Å². The topological polar surface area (TPSA) is 79.3 Å². The maximum atomic E-state index is 12.2. The molecule has 0 aliphatic heterocycles. The minimum absolute atomic E-state index is 0.136. The van der Waals surface area contributed by atoms with E-state index in [1.54, 1.807) is 6.92 Å². The summed E-state index contributed by atoms with van der Waals surface area (Å²) in [4.78, 5) is 28.8. The molecule has 0 aliphatic carbocycles. The molecule has 0 bridgehead atoms. The average Bonchev–Trinajstić information content (AvgIpc) is 2.97. The number of carbonyl (C=O) groups excluding carboxylic acids is 1. The minimum atomic E-state index is -0.944. The van der Waals surface area contributed by atoms with Crippen LogP contribution in [0.4, 0.5) is 0 Å². The van der Waals surface area contributed by atoms with Gasteiger partial charge in [0.1, 0.15) is 4.88 Å². The van der Waals surface area contributed by atoms with E-state index in [4.69, 9.17) is 5.11 Å². The van der Waals surface area contributed by atoms with Crippen molar-refractivity contribution in [3.05, 3.63) is 38.0 Å². The van der Waals surface area contributed by atoms with Crippen LogP contribution in [0.1, 0.15) is 37.7 Å². The number of hydrogen-bond donors (Lipinski definition) is 2. The van der Waals surface area contributed by atoms with E-state index >= 15 is 0 Å². The molecule has 1 amide bonds. The van der Waals surface area contributed by atoms with Gasteiger partial charge in [-0.3, -0.25) is 9.59 Å². The van der Waals surface area contributed by atoms with Crippen molar-refractivity contribution in [3.8, 4) is 0 Å². The van der Waals surface area contributed by atoms with Gasteiger partial charge in [-0.25, -0.2) is 4.98 Å². The summed E-state index contributed by atoms with van der Waals surface area (Å²) in [5, 5.41) is 14.4. The minimum Gasteiger partial charge on any atom is -0.481 e. The Morgan fingerprint density at radius 2 is 2.20 bits per heavy atom. The molecule has 2 aromatic rings. The Balaban J connectivity index is 2.17. The molecule has 2 N–H and O–H groups in total. The molecule has 0 saturated carbocycles. The number of carboxylic acids is 1. The van der Waals surface area contributed by atoms with E-state index in [0.29, 0.717) is 10.6 Å². The number of rotatable bonds is 5. The van der Waals surface area contributed by atoms with Crippen molar-refractivity contribution in [2.24, 2.45) is 0 Å². The van der Waals surface area contributed by atoms with Crippen LogP contribution in [0.25, 0.3) is 0 Å². The van der Waals surface area contributed by atoms with Crippen LogP contribution in [-0.4, -0.2) is 22.0 Å². The first kappa shape index (κ1) is 14.7. The fraction of sp³-hybridized carbons (Fsp3) is 0.308. The van der Waals surface area contributed by atoms with Crippen molar-refractivity contribution in [2.45, 2.75) is 26.3 Å². The molecule has 0 spiro atoms. The molecule has 2 aromatic heterocycles. The number of aryl methyl sites for hydroxylation is 2. The summed E-state index contributed by atoms with van der Waals surface area (Å²) >= 11 is 2.74. The largest absolute Gasteiger partial charge is 0.481 e. The molecule has 0 saturated heterocycles. The number of carbonyl (C=O) groups is 2. The van der Waals surface area contributed by atoms with E-state index in [1.807, 2.05) is 24.4 Å². The molecule has 0 aromatic carbocycles. The maximum Gasteiger partial charge on any atom is 0.305 e. The first-order valence-corrected chi connectivity index (χ1v) is 7.67. The van der Waals surface area contributed by atoms with E-state index in [-0.39, 0.29) is 12.3 Å². The zero-order valence-corrected chi connectivity index (χ0v) is 12.7. The van der Waals surface area contributed by atoms with Crippen LogP contribution in [0, 0.1) is 13.8 Å². The monoisotopic (exact) mass is 310 g/mol. The average molecular weight is 310 g/mol. The second-order valence-corrected chi connectivity index (χ2v) is 6.47. The van der Waals surface area contributed by atoms with E-state index in [9.17, 15) is 9.59 Å². The van der Waals surface area contributed by atoms with Gasteiger partial charge in [0, 0.05) is 4.88 Å². The Kier molecular flexibility index (Phi) is 4.51. The predicted octanol–water partition coefficient (Wildman–Crippen LogP) is 2.77. The fourth-order valence-electron chi connectivity index (χ4n) is 1.85. The molecule has 2 heterocycles. The summed E-state index contributed by atoms with van der Waals surface area (Å²) in [6.07, 6.45) is -0.136. The van der Waals surface area contributed by atoms with Crippen molar-refractivity contribution in [1.29, 1.82) is 0 Å². The maximum absolute atomic E-state index is 12.2. The smallest absolute Gasteiger partial charge is 0.305 e. The highest BCUT2D eigenvalue weighted by Gasteiger charge is 2.22. The SMILES string of the molecule is Cc1nc(C)c(C(=O)NC(CC(=O)O)c2cccs2)s1. The van der Waals surface area contributed by atoms with Gasteiger partial charge in [-0.1, -0.05) is 6.07 Å². The van der Waals surface area contributed by atoms with E-state index in [1.165, 1.54) is 22.7 Å². The van der Waals surface area contributed by atoms with Crippen molar-refractivity contribution >= 4 is 34.6 Å². The lowest BCUT2D eigenvalue weighted by atomic mass is 10.1. The van der Waals surface area contributed by atoms with Gasteiger partial charge in [0.05, 0.1) is 23.2 Å². The van der Waals surface area contributed by atoms with Gasteiger partial charge < -0.3 is 10.4 Å². The summed E-state index contributed by atoms with van der Waals surface area (Å²) in [5.41, 5.74) is 0.672. The van der Waals surface area contributed by atoms with Crippen LogP contribution in [0.5, 0.6) is 0 Å². The van der Waals surface area contributed by atoms with Gasteiger partial charge in [0.15, 0.2) is 0 Å². The molecule has 0 aliphatic rings. The number of nitrogens with one attached hydrogen (secondary N) is 1. The summed E-state index contributed by atoms with van der Waals surface area (Å²) in [5.74, 6) is -1.21. The normalized spacial score (nSPS) is 12.1. The van der Waals surface area contributed by atoms with Crippen LogP contribution < -0.4 is 5.32 Å². The highest BCUT2D eigenvalue weighted by molar-refractivity contribution is 7.13. The fourth-order valence-corrected chi connectivity index (χ4v) is 3.45. The second-order valence-electron chi connectivity index (χ2n) is 4.29. The number of aromatic nitrogens is 1. The Morgan fingerprint density at radius 3 is 2.70 bits per heavy atom. The zero-order valence-electron chi connectivity index (χ0n) is 11.0. The molecular weight excluding hydrogens is 296 g/mol. The quantitative estimate of drug-likeness (QED) is 0.890. The van der Waals surface area contributed by atoms with Crippen molar-refractivity contribution < 1.29 is 14.7 Å². The van der Waals surface area contributed by atoms with E-state index in [2.05, 4.69) is 10.3 Å². The Labute approximate surface area is 124 Å². The van der Waals surface area contributed by atoms with Crippen LogP contribution in [-0.2, 0) is 4.79 Å². The van der Waals surface area contributed by atoms with Crippen LogP contribution in [0.2, 0.25) is 0 Å². The molecule has 1 atom stereocenters. The summed E-state index contributed by atoms with van der Waals surface area (Å²) in [7, 11) is 0. The molecule has 1 unspecified atom stereocenters. The van der Waals surface area contributed by atoms with Gasteiger partial charge >= 0.3 is 5.97 Å². The Morgan fingerprint density at radius 1 is 1.45 bits per heavy atom. The van der Waals surface area contributed by atoms with Gasteiger partial charge in [0.25, 0.3) is 5.91 Å². The number of hydrogen-bond acceptors (Lipinski definition) is 5. The van der Waals surface area contributed by atoms with Crippen LogP contribution in [0.3, 0.4) is 0 Å². The lowest BCUT2D eigenvalue weighted by molar-refractivity contribution is -0.137. The summed E-state index contributed by atoms with van der Waals surface area (Å²) < 4.78 is 0. The van der Waals surface area contributed by atoms with Gasteiger partial charge in [-0.15, -0.1) is 22.7 Å². The number of aliphatic carboxylic acids is 1. The molecule has 0 fully saturated rings. The molecule has 0 radical (unpaired) electrons. The summed E-state index contributed by atoms with van der Waals surface area (Å²) in [6.45, 7) is 3.61. The van der Waals surface area contributed by atoms with Gasteiger partial charge in [0.2, 0.25) is 0 Å². The molecule has 106 valence electrons. The second kappa shape index (κ2) is 6.15. The molecule has 7 heteroatoms. The number of amides is 1. The lowest BCUT2D eigenvalue weighted by Crippen LogP contribution is -2.29. The van der Waals surface area contributed by atoms with Crippen molar-refractivity contribution in [3.63, 3.8) is 0 Å². The highest BCUT2D eigenvalue weighted by Crippen LogP contribution is 2.24. The number of nitrogens with zero attached hydrogens (tertiary/aromatic N) is 1. The van der Waals surface area contributed by atoms with Crippen molar-refractivity contribution in [2.75, 3.05) is 0 Å². The van der Waals surface area contributed by atoms with Gasteiger partial charge in [-0.05, 0) is 25.3 Å². The number of carboxylic acid groups (broad SMARTS) is 1. The Bertz CT molecular complexity index is 620. The number of thiophene rings is 1. The van der Waals surface area contributed by atoms with Gasteiger partial charge in [-0.2, -0.15) is 0 Å². The molecule has 2 rings (SSSR count). The predicted molar refractivity (Wildman–Crippen MR) is 78.4 cm³/mol. The first-order valence-electron chi connectivity index (χ1n) is 5.97. The molecule has 20 heavy (non-hydrogen) atoms. The standard InChI is InChI=1S/C13H14N2O3S2/c1-7-12(20-8(2)14-7)13(18)15-9(6-11(16)17)10-4-3-5-19-10/h3-5,9H,6H2,1-2H3,(H,15,18)(H,16,17). The third-order valence-corrected chi connectivity index (χ3v) is 4.74. The first-order chi connectivity index (χ1) is 9.47. The zero-order chi connectivity index (χ0) is 14.7. The number of thiazole rings is 1. The van der Waals surface area contributed by atoms with E-state index in [0.717, 1.165) is 9.88 Å².